The number of ketones is 3. The number of hydrogen-bond donors (Lipinski definition) is 6. The van der Waals surface area contributed by atoms with E-state index < -0.39 is 21.7 Å². The quantitative estimate of drug-likeness (QED) is 0.0438. The van der Waals surface area contributed by atoms with Crippen LogP contribution in [0.25, 0.3) is 0 Å². The standard InChI is InChI=1S/C10H11N7O4.C10H11NO2.C9H7ClO2.CH5N.CH3.H3N/c1-13-9(19)7-4-2-6(3-5-7)8(18)10(14-11,15-12)17(21)16-20;1-7(12)8-3-5-9(6-4-8)10(13)11-2;1-6(11)7-2-4-8(5-3-7)9(10)12;1-2;;/h2-5,11-12,20H,1H3,(H,13,19);3-6H,1-2H3,(H,11,13);2-5H,1H3;2H2,1H3;2*1H3/q;;;;+1;/p+1/b14-11?,15-12?,17-16-;;;;;. The molecule has 3 rings (SSSR count). The molecule has 0 saturated carbocycles. The third kappa shape index (κ3) is 13.5. The summed E-state index contributed by atoms with van der Waals surface area (Å²) >= 11 is 5.21. The number of benzene rings is 3. The smallest absolute Gasteiger partial charge is 0.554 e. The van der Waals surface area contributed by atoms with Crippen molar-refractivity contribution in [2.24, 2.45) is 21.2 Å². The highest BCUT2D eigenvalue weighted by Crippen LogP contribution is 2.20. The molecule has 268 valence electrons. The minimum atomic E-state index is -2.70. The number of nitrogens with zero attached hydrogens (tertiary/aromatic N) is 4. The van der Waals surface area contributed by atoms with Crippen molar-refractivity contribution in [1.82, 2.24) is 16.8 Å². The average Bonchev–Trinajstić information content (AvgIpc) is 3.12. The minimum absolute atomic E-state index is 0. The zero-order chi connectivity index (χ0) is 37.0. The molecule has 3 aromatic rings. The maximum atomic E-state index is 12.2. The highest BCUT2D eigenvalue weighted by molar-refractivity contribution is 6.67. The molecule has 0 atom stereocenters. The van der Waals surface area contributed by atoms with Gasteiger partial charge in [0, 0.05) is 54.9 Å². The van der Waals surface area contributed by atoms with Gasteiger partial charge < -0.3 is 32.9 Å². The van der Waals surface area contributed by atoms with E-state index in [0.29, 0.717) is 22.3 Å². The van der Waals surface area contributed by atoms with Gasteiger partial charge in [0.05, 0.1) is 10.2 Å². The van der Waals surface area contributed by atoms with Gasteiger partial charge in [0.2, 0.25) is 0 Å². The van der Waals surface area contributed by atoms with Gasteiger partial charge in [-0.25, -0.2) is 0 Å². The van der Waals surface area contributed by atoms with Crippen LogP contribution in [0.3, 0.4) is 0 Å². The van der Waals surface area contributed by atoms with Gasteiger partial charge in [0.1, 0.15) is 0 Å². The number of rotatable bonds is 10. The lowest BCUT2D eigenvalue weighted by Crippen LogP contribution is -2.53. The van der Waals surface area contributed by atoms with Gasteiger partial charge in [-0.15, -0.1) is 11.1 Å². The molecule has 50 heavy (non-hydrogen) atoms. The van der Waals surface area contributed by atoms with Crippen LogP contribution in [0, 0.1) is 17.8 Å². The Morgan fingerprint density at radius 2 is 0.960 bits per heavy atom. The van der Waals surface area contributed by atoms with Gasteiger partial charge in [-0.05, 0) is 79.0 Å². The summed E-state index contributed by atoms with van der Waals surface area (Å²) in [6.45, 7) is 2.96. The number of hydrogen-bond acceptors (Lipinski definition) is 13. The van der Waals surface area contributed by atoms with Crippen molar-refractivity contribution in [2.45, 2.75) is 19.6 Å². The summed E-state index contributed by atoms with van der Waals surface area (Å²) in [6, 6.07) is 17.9. The van der Waals surface area contributed by atoms with Crippen molar-refractivity contribution in [3.63, 3.8) is 0 Å². The van der Waals surface area contributed by atoms with Crippen molar-refractivity contribution in [3.8, 4) is 0 Å². The molecule has 18 nitrogen and oxygen atoms in total. The first-order chi connectivity index (χ1) is 22.7. The van der Waals surface area contributed by atoms with E-state index in [4.69, 9.17) is 22.7 Å². The minimum Gasteiger partial charge on any atom is -0.739 e. The van der Waals surface area contributed by atoms with Crippen LogP contribution in [0.5, 0.6) is 0 Å². The zero-order valence-corrected chi connectivity index (χ0v) is 29.1. The molecule has 11 N–H and O–H groups in total. The van der Waals surface area contributed by atoms with Crippen LogP contribution >= 0.6 is 11.6 Å². The second kappa shape index (κ2) is 24.0. The number of nitrogens with one attached hydrogen (secondary N) is 2. The molecule has 0 unspecified atom stereocenters. The Hall–Kier alpha value is -6.24. The highest BCUT2D eigenvalue weighted by Gasteiger charge is 2.56. The number of amides is 2. The van der Waals surface area contributed by atoms with Gasteiger partial charge >= 0.3 is 5.79 Å². The maximum absolute atomic E-state index is 12.2. The molecule has 0 aliphatic heterocycles. The van der Waals surface area contributed by atoms with Crippen molar-refractivity contribution in [2.75, 3.05) is 21.1 Å². The molecular weight excluding hydrogens is 676 g/mol. The van der Waals surface area contributed by atoms with Gasteiger partial charge in [0.15, 0.2) is 11.6 Å². The lowest BCUT2D eigenvalue weighted by molar-refractivity contribution is -0.615. The number of carbonyl (C=O) groups is 6. The molecule has 0 aromatic heterocycles. The summed E-state index contributed by atoms with van der Waals surface area (Å²) in [5.41, 5.74) is 16.8. The molecular formula is C31H41ClN10O8+2. The van der Waals surface area contributed by atoms with E-state index >= 15 is 0 Å². The molecule has 0 saturated heterocycles. The number of nitrogens with two attached hydrogens (primary N) is 3. The number of halogens is 1. The van der Waals surface area contributed by atoms with Crippen LogP contribution in [0.2, 0.25) is 0 Å². The van der Waals surface area contributed by atoms with Crippen molar-refractivity contribution in [1.29, 1.82) is 0 Å². The summed E-state index contributed by atoms with van der Waals surface area (Å²) < 4.78 is 0. The fourth-order valence-electron chi connectivity index (χ4n) is 3.34. The summed E-state index contributed by atoms with van der Waals surface area (Å²) in [6.07, 6.45) is 0. The van der Waals surface area contributed by atoms with E-state index in [1.165, 1.54) is 64.3 Å². The monoisotopic (exact) mass is 716 g/mol. The molecule has 0 bridgehead atoms. The van der Waals surface area contributed by atoms with E-state index in [-0.39, 0.29) is 48.1 Å². The second-order valence-corrected chi connectivity index (χ2v) is 9.20. The lowest BCUT2D eigenvalue weighted by atomic mass is 10.0. The first-order valence-corrected chi connectivity index (χ1v) is 13.8. The van der Waals surface area contributed by atoms with E-state index in [1.807, 2.05) is 5.28 Å². The molecule has 3 aromatic carbocycles. The fraction of sp³-hybridized carbons (Fsp3) is 0.194. The number of Topliss-reactive ketones (excluding diaryl/α,β-unsaturated/α-hetero) is 3. The normalized spacial score (nSPS) is 9.70. The molecule has 0 fully saturated rings. The number of hydroxylamine groups is 1. The SMILES string of the molecule is CC(=O)c1ccc(C(=O)Cl)cc1.CN.CNC(=O)c1ccc(C(=O)C(N=[NH2+])(N=[NH2+])/[N+]([O-])=N/[O-])cc1.CNC(=O)c1ccc(C(C)=O)cc1.N.[CH3+]. The van der Waals surface area contributed by atoms with E-state index in [1.54, 1.807) is 43.4 Å². The Bertz CT molecular complexity index is 1610. The first-order valence-electron chi connectivity index (χ1n) is 13.5. The van der Waals surface area contributed by atoms with Crippen LogP contribution < -0.4 is 33.6 Å². The van der Waals surface area contributed by atoms with Gasteiger partial charge in [-0.3, -0.25) is 28.8 Å². The molecule has 2 amide bonds. The summed E-state index contributed by atoms with van der Waals surface area (Å²) in [5.74, 6) is -4.30. The van der Waals surface area contributed by atoms with Gasteiger partial charge in [-0.2, -0.15) is 0 Å². The largest absolute Gasteiger partial charge is 0.739 e. The lowest BCUT2D eigenvalue weighted by Gasteiger charge is -2.13. The van der Waals surface area contributed by atoms with Crippen molar-refractivity contribution in [3.05, 3.63) is 124 Å². The fourth-order valence-corrected chi connectivity index (χ4v) is 3.47. The molecule has 19 heteroatoms. The number of carbonyl (C=O) groups excluding carboxylic acids is 6. The van der Waals surface area contributed by atoms with E-state index in [2.05, 4.69) is 26.6 Å². The van der Waals surface area contributed by atoms with Crippen LogP contribution in [-0.2, 0) is 0 Å². The maximum Gasteiger partial charge on any atom is 0.554 e. The second-order valence-electron chi connectivity index (χ2n) is 8.85. The third-order valence-corrected chi connectivity index (χ3v) is 6.16. The average molecular weight is 717 g/mol. The Labute approximate surface area is 293 Å². The van der Waals surface area contributed by atoms with Gasteiger partial charge in [0.25, 0.3) is 22.8 Å². The highest BCUT2D eigenvalue weighted by atomic mass is 35.5. The Balaban J connectivity index is -0.000000664. The van der Waals surface area contributed by atoms with E-state index in [0.717, 1.165) is 0 Å². The first kappa shape index (κ1) is 48.2. The molecule has 0 radical (unpaired) electrons. The summed E-state index contributed by atoms with van der Waals surface area (Å²) in [7, 11) is 4.51. The Kier molecular flexibility index (Phi) is 23.1. The van der Waals surface area contributed by atoms with Crippen molar-refractivity contribution < 1.29 is 44.7 Å². The predicted molar refractivity (Wildman–Crippen MR) is 183 cm³/mol. The molecule has 0 aliphatic carbocycles. The van der Waals surface area contributed by atoms with Crippen LogP contribution in [0.1, 0.15) is 76.0 Å². The van der Waals surface area contributed by atoms with Crippen molar-refractivity contribution >= 4 is 46.0 Å². The molecule has 0 aliphatic rings. The zero-order valence-electron chi connectivity index (χ0n) is 28.3. The topological polar surface area (TPSA) is 325 Å². The third-order valence-electron chi connectivity index (χ3n) is 5.94. The van der Waals surface area contributed by atoms with Crippen LogP contribution in [0.15, 0.2) is 88.3 Å². The predicted octanol–water partition coefficient (Wildman–Crippen LogP) is 1.47. The Morgan fingerprint density at radius 3 is 1.20 bits per heavy atom. The van der Waals surface area contributed by atoms with Gasteiger partial charge in [-0.1, -0.05) is 36.4 Å². The summed E-state index contributed by atoms with van der Waals surface area (Å²) in [4.78, 5) is 66.3. The molecule has 0 spiro atoms. The van der Waals surface area contributed by atoms with Crippen LogP contribution in [0.4, 0.5) is 0 Å². The molecule has 0 heterocycles. The Morgan fingerprint density at radius 1 is 0.680 bits per heavy atom. The van der Waals surface area contributed by atoms with E-state index in [9.17, 15) is 39.2 Å². The summed E-state index contributed by atoms with van der Waals surface area (Å²) in [5, 5.41) is 34.0. The van der Waals surface area contributed by atoms with Crippen LogP contribution in [-0.4, -0.2) is 66.2 Å².